The number of rotatable bonds is 5. The van der Waals surface area contributed by atoms with Crippen LogP contribution in [-0.4, -0.2) is 23.7 Å². The van der Waals surface area contributed by atoms with Crippen molar-refractivity contribution in [2.75, 3.05) is 6.61 Å². The molecular weight excluding hydrogens is 232 g/mol. The van der Waals surface area contributed by atoms with Crippen molar-refractivity contribution in [3.05, 3.63) is 16.1 Å². The van der Waals surface area contributed by atoms with E-state index in [1.807, 2.05) is 13.8 Å². The van der Waals surface area contributed by atoms with Gasteiger partial charge >= 0.3 is 0 Å². The van der Waals surface area contributed by atoms with E-state index < -0.39 is 0 Å². The second-order valence-corrected chi connectivity index (χ2v) is 6.35. The summed E-state index contributed by atoms with van der Waals surface area (Å²) >= 11 is 1.69. The van der Waals surface area contributed by atoms with Gasteiger partial charge in [0, 0.05) is 29.9 Å². The second kappa shape index (κ2) is 5.94. The van der Waals surface area contributed by atoms with Crippen LogP contribution >= 0.6 is 11.3 Å². The predicted octanol–water partition coefficient (Wildman–Crippen LogP) is 2.74. The molecule has 0 saturated heterocycles. The first-order valence-corrected chi connectivity index (χ1v) is 7.04. The molecule has 2 unspecified atom stereocenters. The third kappa shape index (κ3) is 4.37. The van der Waals surface area contributed by atoms with E-state index in [9.17, 15) is 0 Å². The zero-order chi connectivity index (χ0) is 13.1. The fourth-order valence-electron chi connectivity index (χ4n) is 1.50. The van der Waals surface area contributed by atoms with Gasteiger partial charge in [-0.1, -0.05) is 20.8 Å². The topological polar surface area (TPSA) is 48.1 Å². The molecule has 0 aromatic carbocycles. The highest BCUT2D eigenvalue weighted by atomic mass is 32.1. The molecule has 1 rings (SSSR count). The Bertz CT molecular complexity index is 343. The van der Waals surface area contributed by atoms with Crippen LogP contribution in [0.3, 0.4) is 0 Å². The molecule has 0 aliphatic heterocycles. The Balaban J connectivity index is 2.60. The minimum atomic E-state index is 0.0221. The van der Waals surface area contributed by atoms with Crippen LogP contribution in [0, 0.1) is 0 Å². The standard InChI is InChI=1S/C13H24N2OS/c1-6-16-9(2)10(14)7-12-15-11(8-17-12)13(3,4)5/h8-10H,6-7,14H2,1-5H3. The highest BCUT2D eigenvalue weighted by Crippen LogP contribution is 2.24. The van der Waals surface area contributed by atoms with Crippen molar-refractivity contribution in [1.82, 2.24) is 4.98 Å². The third-order valence-corrected chi connectivity index (χ3v) is 3.63. The van der Waals surface area contributed by atoms with Crippen LogP contribution < -0.4 is 5.73 Å². The van der Waals surface area contributed by atoms with E-state index in [1.54, 1.807) is 11.3 Å². The summed E-state index contributed by atoms with van der Waals surface area (Å²) in [5.74, 6) is 0. The average Bonchev–Trinajstić information content (AvgIpc) is 2.66. The zero-order valence-corrected chi connectivity index (χ0v) is 12.3. The monoisotopic (exact) mass is 256 g/mol. The quantitative estimate of drug-likeness (QED) is 0.881. The second-order valence-electron chi connectivity index (χ2n) is 5.40. The Labute approximate surface area is 108 Å². The van der Waals surface area contributed by atoms with E-state index in [1.165, 1.54) is 0 Å². The van der Waals surface area contributed by atoms with Gasteiger partial charge in [-0.3, -0.25) is 0 Å². The fourth-order valence-corrected chi connectivity index (χ4v) is 2.60. The fraction of sp³-hybridized carbons (Fsp3) is 0.769. The van der Waals surface area contributed by atoms with E-state index in [0.29, 0.717) is 6.61 Å². The van der Waals surface area contributed by atoms with Crippen molar-refractivity contribution in [2.45, 2.75) is 58.6 Å². The molecule has 2 atom stereocenters. The lowest BCUT2D eigenvalue weighted by Gasteiger charge is -2.18. The molecule has 0 amide bonds. The molecule has 0 saturated carbocycles. The van der Waals surface area contributed by atoms with Crippen LogP contribution in [0.25, 0.3) is 0 Å². The van der Waals surface area contributed by atoms with Crippen LogP contribution in [0.2, 0.25) is 0 Å². The molecule has 0 aliphatic rings. The maximum Gasteiger partial charge on any atom is 0.0944 e. The highest BCUT2D eigenvalue weighted by Gasteiger charge is 2.20. The molecule has 0 bridgehead atoms. The molecule has 98 valence electrons. The van der Waals surface area contributed by atoms with Gasteiger partial charge in [-0.2, -0.15) is 0 Å². The number of nitrogens with zero attached hydrogens (tertiary/aromatic N) is 1. The number of hydrogen-bond acceptors (Lipinski definition) is 4. The lowest BCUT2D eigenvalue weighted by atomic mass is 9.93. The molecular formula is C13H24N2OS. The van der Waals surface area contributed by atoms with Gasteiger partial charge in [-0.25, -0.2) is 4.98 Å². The van der Waals surface area contributed by atoms with E-state index in [4.69, 9.17) is 10.5 Å². The summed E-state index contributed by atoms with van der Waals surface area (Å²) in [5.41, 5.74) is 7.36. The molecule has 0 radical (unpaired) electrons. The van der Waals surface area contributed by atoms with Crippen molar-refractivity contribution >= 4 is 11.3 Å². The summed E-state index contributed by atoms with van der Waals surface area (Å²) in [5, 5.41) is 3.24. The zero-order valence-electron chi connectivity index (χ0n) is 11.5. The Morgan fingerprint density at radius 1 is 1.47 bits per heavy atom. The molecule has 1 aromatic heterocycles. The highest BCUT2D eigenvalue weighted by molar-refractivity contribution is 7.09. The van der Waals surface area contributed by atoms with Crippen LogP contribution in [0.4, 0.5) is 0 Å². The van der Waals surface area contributed by atoms with Crippen molar-refractivity contribution < 1.29 is 4.74 Å². The SMILES string of the molecule is CCOC(C)C(N)Cc1nc(C(C)(C)C)cs1. The smallest absolute Gasteiger partial charge is 0.0944 e. The van der Waals surface area contributed by atoms with Gasteiger partial charge in [0.1, 0.15) is 0 Å². The molecule has 1 aromatic rings. The third-order valence-electron chi connectivity index (χ3n) is 2.76. The van der Waals surface area contributed by atoms with Gasteiger partial charge in [0.15, 0.2) is 0 Å². The van der Waals surface area contributed by atoms with Gasteiger partial charge in [-0.15, -0.1) is 11.3 Å². The molecule has 2 N–H and O–H groups in total. The summed E-state index contributed by atoms with van der Waals surface area (Å²) in [6.07, 6.45) is 0.879. The number of ether oxygens (including phenoxy) is 1. The van der Waals surface area contributed by atoms with Crippen molar-refractivity contribution in [1.29, 1.82) is 0 Å². The first kappa shape index (κ1) is 14.6. The molecule has 1 heterocycles. The maximum atomic E-state index is 6.10. The summed E-state index contributed by atoms with van der Waals surface area (Å²) in [6, 6.07) is 0.0221. The van der Waals surface area contributed by atoms with Gasteiger partial charge < -0.3 is 10.5 Å². The van der Waals surface area contributed by atoms with Crippen molar-refractivity contribution in [3.8, 4) is 0 Å². The minimum absolute atomic E-state index is 0.0221. The number of nitrogens with two attached hydrogens (primary N) is 1. The largest absolute Gasteiger partial charge is 0.377 e. The summed E-state index contributed by atoms with van der Waals surface area (Å²) in [6.45, 7) is 11.2. The normalized spacial score (nSPS) is 15.9. The molecule has 3 nitrogen and oxygen atoms in total. The van der Waals surface area contributed by atoms with Crippen LogP contribution in [0.1, 0.15) is 45.3 Å². The molecule has 4 heteroatoms. The van der Waals surface area contributed by atoms with E-state index >= 15 is 0 Å². The summed E-state index contributed by atoms with van der Waals surface area (Å²) in [4.78, 5) is 4.65. The maximum absolute atomic E-state index is 6.10. The van der Waals surface area contributed by atoms with Gasteiger partial charge in [0.2, 0.25) is 0 Å². The summed E-state index contributed by atoms with van der Waals surface area (Å²) < 4.78 is 5.50. The summed E-state index contributed by atoms with van der Waals surface area (Å²) in [7, 11) is 0. The molecule has 0 aliphatic carbocycles. The van der Waals surface area contributed by atoms with E-state index in [-0.39, 0.29) is 17.6 Å². The Hall–Kier alpha value is -0.450. The van der Waals surface area contributed by atoms with E-state index in [2.05, 4.69) is 31.1 Å². The Morgan fingerprint density at radius 2 is 2.12 bits per heavy atom. The number of aromatic nitrogens is 1. The van der Waals surface area contributed by atoms with Crippen LogP contribution in [0.15, 0.2) is 5.38 Å². The van der Waals surface area contributed by atoms with Gasteiger partial charge in [0.25, 0.3) is 0 Å². The first-order chi connectivity index (χ1) is 7.84. The number of hydrogen-bond donors (Lipinski definition) is 1. The van der Waals surface area contributed by atoms with Gasteiger partial charge in [-0.05, 0) is 13.8 Å². The van der Waals surface area contributed by atoms with Crippen molar-refractivity contribution in [3.63, 3.8) is 0 Å². The minimum Gasteiger partial charge on any atom is -0.377 e. The lowest BCUT2D eigenvalue weighted by molar-refractivity contribution is 0.0577. The molecule has 0 spiro atoms. The predicted molar refractivity (Wildman–Crippen MR) is 73.6 cm³/mol. The Morgan fingerprint density at radius 3 is 2.59 bits per heavy atom. The molecule has 0 fully saturated rings. The van der Waals surface area contributed by atoms with Crippen molar-refractivity contribution in [2.24, 2.45) is 5.73 Å². The first-order valence-electron chi connectivity index (χ1n) is 6.16. The number of thiazole rings is 1. The molecule has 17 heavy (non-hydrogen) atoms. The average molecular weight is 256 g/mol. The van der Waals surface area contributed by atoms with Gasteiger partial charge in [0.05, 0.1) is 16.8 Å². The van der Waals surface area contributed by atoms with E-state index in [0.717, 1.165) is 17.1 Å². The van der Waals surface area contributed by atoms with Crippen LogP contribution in [0.5, 0.6) is 0 Å². The lowest BCUT2D eigenvalue weighted by Crippen LogP contribution is -2.36. The Kier molecular flexibility index (Phi) is 5.10. The van der Waals surface area contributed by atoms with Crippen LogP contribution in [-0.2, 0) is 16.6 Å².